The van der Waals surface area contributed by atoms with Crippen LogP contribution >= 0.6 is 0 Å². The van der Waals surface area contributed by atoms with Crippen molar-refractivity contribution in [3.63, 3.8) is 0 Å². The highest BCUT2D eigenvalue weighted by Crippen LogP contribution is 2.35. The fraction of sp³-hybridized carbons (Fsp3) is 0.333. The SMILES string of the molecule is COc1cc2c(cc1C=NN=C(N)N)OCCCO2. The Morgan fingerprint density at radius 3 is 2.58 bits per heavy atom. The molecule has 7 nitrogen and oxygen atoms in total. The van der Waals surface area contributed by atoms with Gasteiger partial charge in [-0.1, -0.05) is 0 Å². The first-order chi connectivity index (χ1) is 9.20. The van der Waals surface area contributed by atoms with Crippen molar-refractivity contribution in [1.29, 1.82) is 0 Å². The number of nitrogens with zero attached hydrogens (tertiary/aromatic N) is 2. The first-order valence-electron chi connectivity index (χ1n) is 5.80. The molecule has 1 aromatic rings. The topological polar surface area (TPSA) is 104 Å². The van der Waals surface area contributed by atoms with Crippen LogP contribution in [0.2, 0.25) is 0 Å². The summed E-state index contributed by atoms with van der Waals surface area (Å²) >= 11 is 0. The van der Waals surface area contributed by atoms with E-state index in [9.17, 15) is 0 Å². The van der Waals surface area contributed by atoms with Crippen molar-refractivity contribution in [2.24, 2.45) is 21.7 Å². The molecule has 102 valence electrons. The lowest BCUT2D eigenvalue weighted by molar-refractivity contribution is 0.296. The Hall–Kier alpha value is -2.44. The minimum atomic E-state index is -0.107. The summed E-state index contributed by atoms with van der Waals surface area (Å²) in [7, 11) is 1.57. The molecule has 0 spiro atoms. The maximum atomic E-state index is 5.59. The van der Waals surface area contributed by atoms with E-state index in [0.29, 0.717) is 36.0 Å². The molecule has 0 fully saturated rings. The van der Waals surface area contributed by atoms with Gasteiger partial charge in [-0.05, 0) is 6.07 Å². The number of methoxy groups -OCH3 is 1. The molecule has 0 aliphatic carbocycles. The lowest BCUT2D eigenvalue weighted by Crippen LogP contribution is -2.21. The van der Waals surface area contributed by atoms with E-state index < -0.39 is 0 Å². The number of fused-ring (bicyclic) bond motifs is 1. The Morgan fingerprint density at radius 2 is 1.95 bits per heavy atom. The molecule has 1 aliphatic rings. The van der Waals surface area contributed by atoms with Crippen molar-refractivity contribution >= 4 is 12.2 Å². The smallest absolute Gasteiger partial charge is 0.211 e. The highest BCUT2D eigenvalue weighted by Gasteiger charge is 2.14. The molecule has 0 aromatic heterocycles. The molecule has 0 bridgehead atoms. The number of hydrogen-bond donors (Lipinski definition) is 2. The summed E-state index contributed by atoms with van der Waals surface area (Å²) in [5, 5.41) is 7.30. The second kappa shape index (κ2) is 5.94. The normalized spacial score (nSPS) is 13.9. The quantitative estimate of drug-likeness (QED) is 0.469. The van der Waals surface area contributed by atoms with Crippen LogP contribution in [0.4, 0.5) is 0 Å². The monoisotopic (exact) mass is 264 g/mol. The number of nitrogens with two attached hydrogens (primary N) is 2. The summed E-state index contributed by atoms with van der Waals surface area (Å²) in [6.07, 6.45) is 2.33. The van der Waals surface area contributed by atoms with E-state index in [4.69, 9.17) is 25.7 Å². The lowest BCUT2D eigenvalue weighted by Gasteiger charge is -2.11. The predicted octanol–water partition coefficient (Wildman–Crippen LogP) is 0.464. The van der Waals surface area contributed by atoms with E-state index in [1.807, 2.05) is 0 Å². The number of guanidine groups is 1. The molecule has 4 N–H and O–H groups in total. The van der Waals surface area contributed by atoms with Crippen LogP contribution in [-0.4, -0.2) is 32.5 Å². The molecule has 0 atom stereocenters. The second-order valence-electron chi connectivity index (χ2n) is 3.86. The van der Waals surface area contributed by atoms with Gasteiger partial charge in [0.15, 0.2) is 11.5 Å². The van der Waals surface area contributed by atoms with Gasteiger partial charge in [-0.3, -0.25) is 0 Å². The largest absolute Gasteiger partial charge is 0.496 e. The average molecular weight is 264 g/mol. The molecule has 7 heteroatoms. The van der Waals surface area contributed by atoms with Crippen LogP contribution in [0.3, 0.4) is 0 Å². The van der Waals surface area contributed by atoms with Crippen LogP contribution in [-0.2, 0) is 0 Å². The molecule has 1 heterocycles. The third kappa shape index (κ3) is 3.27. The molecule has 1 aromatic carbocycles. The summed E-state index contributed by atoms with van der Waals surface area (Å²) in [6, 6.07) is 3.54. The zero-order valence-electron chi connectivity index (χ0n) is 10.6. The molecule has 0 unspecified atom stereocenters. The first-order valence-corrected chi connectivity index (χ1v) is 5.80. The van der Waals surface area contributed by atoms with E-state index >= 15 is 0 Å². The molecule has 19 heavy (non-hydrogen) atoms. The Bertz CT molecular complexity index is 510. The van der Waals surface area contributed by atoms with Crippen LogP contribution < -0.4 is 25.7 Å². The molecular weight excluding hydrogens is 248 g/mol. The predicted molar refractivity (Wildman–Crippen MR) is 72.0 cm³/mol. The lowest BCUT2D eigenvalue weighted by atomic mass is 10.2. The zero-order chi connectivity index (χ0) is 13.7. The molecule has 0 amide bonds. The maximum absolute atomic E-state index is 5.59. The van der Waals surface area contributed by atoms with Crippen molar-refractivity contribution in [3.8, 4) is 17.2 Å². The summed E-state index contributed by atoms with van der Waals surface area (Å²) in [6.45, 7) is 1.24. The van der Waals surface area contributed by atoms with Crippen LogP contribution in [0, 0.1) is 0 Å². The van der Waals surface area contributed by atoms with Gasteiger partial charge < -0.3 is 25.7 Å². The molecular formula is C12H16N4O3. The minimum absolute atomic E-state index is 0.107. The average Bonchev–Trinajstić information content (AvgIpc) is 2.62. The summed E-state index contributed by atoms with van der Waals surface area (Å²) < 4.78 is 16.4. The maximum Gasteiger partial charge on any atom is 0.211 e. The van der Waals surface area contributed by atoms with Gasteiger partial charge in [0.1, 0.15) is 5.75 Å². The Morgan fingerprint density at radius 1 is 1.26 bits per heavy atom. The zero-order valence-corrected chi connectivity index (χ0v) is 10.6. The van der Waals surface area contributed by atoms with Crippen molar-refractivity contribution in [3.05, 3.63) is 17.7 Å². The fourth-order valence-electron chi connectivity index (χ4n) is 1.64. The van der Waals surface area contributed by atoms with Gasteiger partial charge in [0.2, 0.25) is 5.96 Å². The summed E-state index contributed by atoms with van der Waals surface area (Å²) in [5.41, 5.74) is 11.1. The van der Waals surface area contributed by atoms with Gasteiger partial charge in [-0.15, -0.1) is 5.10 Å². The number of hydrogen-bond acceptors (Lipinski definition) is 5. The summed E-state index contributed by atoms with van der Waals surface area (Å²) in [5.74, 6) is 1.82. The van der Waals surface area contributed by atoms with Gasteiger partial charge >= 0.3 is 0 Å². The van der Waals surface area contributed by atoms with Crippen LogP contribution in [0.5, 0.6) is 17.2 Å². The molecule has 0 saturated carbocycles. The van der Waals surface area contributed by atoms with Crippen LogP contribution in [0.25, 0.3) is 0 Å². The Kier molecular flexibility index (Phi) is 4.07. The van der Waals surface area contributed by atoms with Gasteiger partial charge in [-0.25, -0.2) is 0 Å². The standard InChI is InChI=1S/C12H16N4O3/c1-17-9-6-11-10(18-3-2-4-19-11)5-8(9)7-15-16-12(13)14/h5-7H,2-4H2,1H3,(H4,13,14,16). The van der Waals surface area contributed by atoms with E-state index in [2.05, 4.69) is 10.2 Å². The van der Waals surface area contributed by atoms with Gasteiger partial charge in [0.25, 0.3) is 0 Å². The first kappa shape index (κ1) is 13.0. The number of ether oxygens (including phenoxy) is 3. The summed E-state index contributed by atoms with van der Waals surface area (Å²) in [4.78, 5) is 0. The van der Waals surface area contributed by atoms with Crippen molar-refractivity contribution in [2.75, 3.05) is 20.3 Å². The van der Waals surface area contributed by atoms with Crippen LogP contribution in [0.15, 0.2) is 22.3 Å². The van der Waals surface area contributed by atoms with Gasteiger partial charge in [-0.2, -0.15) is 5.10 Å². The number of rotatable bonds is 3. The van der Waals surface area contributed by atoms with Crippen molar-refractivity contribution < 1.29 is 14.2 Å². The van der Waals surface area contributed by atoms with Crippen molar-refractivity contribution in [2.45, 2.75) is 6.42 Å². The molecule has 0 saturated heterocycles. The third-order valence-electron chi connectivity index (χ3n) is 2.47. The van der Waals surface area contributed by atoms with E-state index in [-0.39, 0.29) is 5.96 Å². The molecule has 0 radical (unpaired) electrons. The van der Waals surface area contributed by atoms with Gasteiger partial charge in [0, 0.05) is 18.1 Å². The van der Waals surface area contributed by atoms with Crippen LogP contribution in [0.1, 0.15) is 12.0 Å². The molecule has 2 rings (SSSR count). The highest BCUT2D eigenvalue weighted by atomic mass is 16.5. The highest BCUT2D eigenvalue weighted by molar-refractivity contribution is 5.86. The minimum Gasteiger partial charge on any atom is -0.496 e. The molecule has 1 aliphatic heterocycles. The Labute approximate surface area is 110 Å². The van der Waals surface area contributed by atoms with Gasteiger partial charge in [0.05, 0.1) is 26.5 Å². The Balaban J connectivity index is 2.34. The third-order valence-corrected chi connectivity index (χ3v) is 2.47. The van der Waals surface area contributed by atoms with Crippen molar-refractivity contribution in [1.82, 2.24) is 0 Å². The van der Waals surface area contributed by atoms with E-state index in [0.717, 1.165) is 6.42 Å². The van der Waals surface area contributed by atoms with E-state index in [1.165, 1.54) is 6.21 Å². The second-order valence-corrected chi connectivity index (χ2v) is 3.86. The van der Waals surface area contributed by atoms with E-state index in [1.54, 1.807) is 19.2 Å². The fourth-order valence-corrected chi connectivity index (χ4v) is 1.64. The number of benzene rings is 1.